The number of amides is 1. The van der Waals surface area contributed by atoms with Crippen LogP contribution in [0.25, 0.3) is 0 Å². The molecule has 1 aromatic carbocycles. The summed E-state index contributed by atoms with van der Waals surface area (Å²) in [6.07, 6.45) is 0.405. The molecule has 0 radical (unpaired) electrons. The van der Waals surface area contributed by atoms with Gasteiger partial charge in [-0.1, -0.05) is 12.1 Å². The average Bonchev–Trinajstić information content (AvgIpc) is 2.44. The Hall–Kier alpha value is -1.69. The number of hydrogen-bond acceptors (Lipinski definition) is 3. The van der Waals surface area contributed by atoms with Crippen molar-refractivity contribution >= 4 is 17.3 Å². The van der Waals surface area contributed by atoms with E-state index in [1.165, 1.54) is 0 Å². The highest BCUT2D eigenvalue weighted by atomic mass is 19.3. The molecule has 0 atom stereocenters. The average molecular weight is 298 g/mol. The summed E-state index contributed by atoms with van der Waals surface area (Å²) in [4.78, 5) is 13.7. The lowest BCUT2D eigenvalue weighted by Crippen LogP contribution is -2.59. The van der Waals surface area contributed by atoms with Crippen molar-refractivity contribution in [2.75, 3.05) is 23.8 Å². The summed E-state index contributed by atoms with van der Waals surface area (Å²) in [5, 5.41) is 12.0. The fourth-order valence-electron chi connectivity index (χ4n) is 2.32. The van der Waals surface area contributed by atoms with Crippen molar-refractivity contribution in [1.82, 2.24) is 0 Å². The second-order valence-corrected chi connectivity index (χ2v) is 5.44. The number of carbonyl (C=O) groups is 1. The number of nitrogens with one attached hydrogen (secondary N) is 1. The van der Waals surface area contributed by atoms with Gasteiger partial charge in [-0.15, -0.1) is 0 Å². The molecule has 1 aliphatic rings. The van der Waals surface area contributed by atoms with Crippen LogP contribution in [0.2, 0.25) is 0 Å². The predicted octanol–water partition coefficient (Wildman–Crippen LogP) is 2.63. The van der Waals surface area contributed by atoms with Crippen LogP contribution in [0.4, 0.5) is 20.2 Å². The number of alkyl halides is 2. The molecule has 0 aliphatic heterocycles. The Balaban J connectivity index is 2.20. The molecule has 1 aliphatic carbocycles. The van der Waals surface area contributed by atoms with Crippen molar-refractivity contribution in [3.05, 3.63) is 24.3 Å². The molecule has 0 spiro atoms. The van der Waals surface area contributed by atoms with Gasteiger partial charge in [0.05, 0.1) is 11.4 Å². The Kier molecular flexibility index (Phi) is 4.18. The first-order chi connectivity index (χ1) is 9.82. The molecule has 1 amide bonds. The monoisotopic (exact) mass is 298 g/mol. The minimum atomic E-state index is -3.79. The van der Waals surface area contributed by atoms with Crippen LogP contribution in [0.1, 0.15) is 26.2 Å². The van der Waals surface area contributed by atoms with Crippen LogP contribution in [-0.4, -0.2) is 36.1 Å². The van der Waals surface area contributed by atoms with E-state index in [1.54, 1.807) is 24.3 Å². The van der Waals surface area contributed by atoms with E-state index in [0.717, 1.165) is 0 Å². The molecular formula is C15H20F2N2O2. The standard InChI is InChI=1S/C15H20F2N2O2/c1-3-19(2)12-8-5-4-7-11(12)18-13(20)15(16,17)14(21)9-6-10-14/h4-5,7-8,21H,3,6,9-10H2,1-2H3,(H,18,20). The molecule has 1 aromatic rings. The molecule has 21 heavy (non-hydrogen) atoms. The maximum absolute atomic E-state index is 14.1. The van der Waals surface area contributed by atoms with E-state index in [1.807, 2.05) is 18.9 Å². The summed E-state index contributed by atoms with van der Waals surface area (Å²) in [6.45, 7) is 2.59. The first-order valence-corrected chi connectivity index (χ1v) is 7.03. The number of hydrogen-bond donors (Lipinski definition) is 2. The maximum Gasteiger partial charge on any atom is 0.352 e. The Labute approximate surface area is 122 Å². The van der Waals surface area contributed by atoms with Gasteiger partial charge in [0, 0.05) is 13.6 Å². The third-order valence-electron chi connectivity index (χ3n) is 4.09. The van der Waals surface area contributed by atoms with Gasteiger partial charge in [0.25, 0.3) is 5.91 Å². The number of benzene rings is 1. The molecule has 116 valence electrons. The van der Waals surface area contributed by atoms with Crippen LogP contribution in [0.5, 0.6) is 0 Å². The van der Waals surface area contributed by atoms with Gasteiger partial charge >= 0.3 is 5.92 Å². The fourth-order valence-corrected chi connectivity index (χ4v) is 2.32. The number of rotatable bonds is 5. The molecule has 1 saturated carbocycles. The molecule has 0 saturated heterocycles. The summed E-state index contributed by atoms with van der Waals surface area (Å²) in [6, 6.07) is 6.75. The van der Waals surface area contributed by atoms with Gasteiger partial charge in [-0.2, -0.15) is 8.78 Å². The van der Waals surface area contributed by atoms with Crippen LogP contribution >= 0.6 is 0 Å². The van der Waals surface area contributed by atoms with Gasteiger partial charge < -0.3 is 15.3 Å². The number of nitrogens with zero attached hydrogens (tertiary/aromatic N) is 1. The Morgan fingerprint density at radius 2 is 2.05 bits per heavy atom. The molecular weight excluding hydrogens is 278 g/mol. The van der Waals surface area contributed by atoms with E-state index >= 15 is 0 Å². The summed E-state index contributed by atoms with van der Waals surface area (Å²) >= 11 is 0. The second kappa shape index (κ2) is 5.60. The first-order valence-electron chi connectivity index (χ1n) is 7.03. The van der Waals surface area contributed by atoms with Gasteiger partial charge in [-0.3, -0.25) is 4.79 Å². The predicted molar refractivity (Wildman–Crippen MR) is 77.8 cm³/mol. The largest absolute Gasteiger partial charge is 0.383 e. The fraction of sp³-hybridized carbons (Fsp3) is 0.533. The molecule has 2 N–H and O–H groups in total. The number of halogens is 2. The van der Waals surface area contributed by atoms with E-state index in [-0.39, 0.29) is 12.8 Å². The van der Waals surface area contributed by atoms with Crippen molar-refractivity contribution < 1.29 is 18.7 Å². The summed E-state index contributed by atoms with van der Waals surface area (Å²) < 4.78 is 28.1. The van der Waals surface area contributed by atoms with Gasteiger partial charge in [0.1, 0.15) is 5.60 Å². The van der Waals surface area contributed by atoms with E-state index in [4.69, 9.17) is 0 Å². The van der Waals surface area contributed by atoms with Crippen molar-refractivity contribution in [3.8, 4) is 0 Å². The van der Waals surface area contributed by atoms with Gasteiger partial charge in [-0.05, 0) is 38.3 Å². The summed E-state index contributed by atoms with van der Waals surface area (Å²) in [5.74, 6) is -5.25. The quantitative estimate of drug-likeness (QED) is 0.878. The lowest BCUT2D eigenvalue weighted by Gasteiger charge is -2.41. The molecule has 0 aromatic heterocycles. The minimum absolute atomic E-state index is 0.0517. The summed E-state index contributed by atoms with van der Waals surface area (Å²) in [7, 11) is 1.81. The van der Waals surface area contributed by atoms with E-state index in [9.17, 15) is 18.7 Å². The van der Waals surface area contributed by atoms with E-state index in [0.29, 0.717) is 24.3 Å². The van der Waals surface area contributed by atoms with Gasteiger partial charge in [0.2, 0.25) is 0 Å². The highest BCUT2D eigenvalue weighted by molar-refractivity contribution is 5.99. The molecule has 2 rings (SSSR count). The van der Waals surface area contributed by atoms with Crippen LogP contribution in [0.3, 0.4) is 0 Å². The zero-order valence-electron chi connectivity index (χ0n) is 12.2. The van der Waals surface area contributed by atoms with Crippen LogP contribution < -0.4 is 10.2 Å². The third-order valence-corrected chi connectivity index (χ3v) is 4.09. The normalized spacial score (nSPS) is 17.0. The Morgan fingerprint density at radius 1 is 1.43 bits per heavy atom. The van der Waals surface area contributed by atoms with Crippen LogP contribution in [0, 0.1) is 0 Å². The number of para-hydroxylation sites is 2. The minimum Gasteiger partial charge on any atom is -0.383 e. The van der Waals surface area contributed by atoms with E-state index < -0.39 is 17.4 Å². The van der Waals surface area contributed by atoms with Crippen molar-refractivity contribution in [2.24, 2.45) is 0 Å². The zero-order chi connectivity index (χ0) is 15.7. The Morgan fingerprint density at radius 3 is 2.57 bits per heavy atom. The SMILES string of the molecule is CCN(C)c1ccccc1NC(=O)C(F)(F)C1(O)CCC1. The van der Waals surface area contributed by atoms with Crippen molar-refractivity contribution in [2.45, 2.75) is 37.7 Å². The van der Waals surface area contributed by atoms with Gasteiger partial charge in [0.15, 0.2) is 0 Å². The molecule has 0 bridgehead atoms. The molecule has 6 heteroatoms. The highest BCUT2D eigenvalue weighted by Gasteiger charge is 2.61. The Bertz CT molecular complexity index is 530. The number of anilines is 2. The number of carbonyl (C=O) groups excluding carboxylic acids is 1. The lowest BCUT2D eigenvalue weighted by atomic mass is 9.75. The van der Waals surface area contributed by atoms with E-state index in [2.05, 4.69) is 5.32 Å². The van der Waals surface area contributed by atoms with Crippen molar-refractivity contribution in [1.29, 1.82) is 0 Å². The maximum atomic E-state index is 14.1. The molecule has 4 nitrogen and oxygen atoms in total. The van der Waals surface area contributed by atoms with Crippen LogP contribution in [0.15, 0.2) is 24.3 Å². The molecule has 0 unspecified atom stereocenters. The molecule has 0 heterocycles. The third kappa shape index (κ3) is 2.72. The first kappa shape index (κ1) is 15.7. The zero-order valence-corrected chi connectivity index (χ0v) is 12.2. The smallest absolute Gasteiger partial charge is 0.352 e. The number of aliphatic hydroxyl groups is 1. The van der Waals surface area contributed by atoms with Crippen LogP contribution in [-0.2, 0) is 4.79 Å². The van der Waals surface area contributed by atoms with Crippen molar-refractivity contribution in [3.63, 3.8) is 0 Å². The second-order valence-electron chi connectivity index (χ2n) is 5.44. The topological polar surface area (TPSA) is 52.6 Å². The molecule has 1 fully saturated rings. The lowest BCUT2D eigenvalue weighted by molar-refractivity contribution is -0.212. The summed E-state index contributed by atoms with van der Waals surface area (Å²) in [5.41, 5.74) is -1.23. The van der Waals surface area contributed by atoms with Gasteiger partial charge in [-0.25, -0.2) is 0 Å². The highest BCUT2D eigenvalue weighted by Crippen LogP contribution is 2.44.